The molecule has 0 bridgehead atoms. The van der Waals surface area contributed by atoms with Gasteiger partial charge in [-0.15, -0.1) is 0 Å². The summed E-state index contributed by atoms with van der Waals surface area (Å²) in [6.45, 7) is 6.96. The van der Waals surface area contributed by atoms with Gasteiger partial charge in [-0.1, -0.05) is 13.0 Å². The number of aliphatic hydroxyl groups is 1. The van der Waals surface area contributed by atoms with E-state index in [9.17, 15) is 5.11 Å². The highest BCUT2D eigenvalue weighted by Crippen LogP contribution is 2.29. The second kappa shape index (κ2) is 6.61. The van der Waals surface area contributed by atoms with Gasteiger partial charge in [0.1, 0.15) is 5.75 Å². The first-order chi connectivity index (χ1) is 8.51. The molecule has 0 radical (unpaired) electrons. The van der Waals surface area contributed by atoms with E-state index in [2.05, 4.69) is 5.32 Å². The summed E-state index contributed by atoms with van der Waals surface area (Å²) in [4.78, 5) is 1.95. The number of hydrogen-bond acceptors (Lipinski definition) is 4. The predicted molar refractivity (Wildman–Crippen MR) is 75.1 cm³/mol. The largest absolute Gasteiger partial charge is 0.508 e. The Kier molecular flexibility index (Phi) is 5.44. The third-order valence-electron chi connectivity index (χ3n) is 3.32. The molecular weight excluding hydrogens is 228 g/mol. The number of hydrogen-bond donors (Lipinski definition) is 3. The Labute approximate surface area is 109 Å². The van der Waals surface area contributed by atoms with Crippen LogP contribution in [0.25, 0.3) is 0 Å². The predicted octanol–water partition coefficient (Wildman–Crippen LogP) is 1.88. The Morgan fingerprint density at radius 2 is 2.00 bits per heavy atom. The van der Waals surface area contributed by atoms with E-state index in [1.165, 1.54) is 0 Å². The summed E-state index contributed by atoms with van der Waals surface area (Å²) >= 11 is 0. The van der Waals surface area contributed by atoms with Crippen molar-refractivity contribution in [3.63, 3.8) is 0 Å². The van der Waals surface area contributed by atoms with Crippen molar-refractivity contribution in [3.8, 4) is 5.75 Å². The van der Waals surface area contributed by atoms with Crippen molar-refractivity contribution >= 4 is 5.69 Å². The van der Waals surface area contributed by atoms with Crippen LogP contribution in [0.1, 0.15) is 32.4 Å². The first-order valence-corrected chi connectivity index (χ1v) is 6.41. The molecule has 0 spiro atoms. The lowest BCUT2D eigenvalue weighted by atomic mass is 10.1. The standard InChI is InChI=1S/C14H24N2O2/c1-5-15-11(3)13-7-6-12(8-14(13)18)16(4)10(2)9-17/h6-8,10-11,15,17-18H,5,9H2,1-4H3. The number of nitrogens with zero attached hydrogens (tertiary/aromatic N) is 1. The molecular formula is C14H24N2O2. The van der Waals surface area contributed by atoms with Gasteiger partial charge < -0.3 is 20.4 Å². The number of likely N-dealkylation sites (N-methyl/N-ethyl adjacent to an activating group) is 1. The van der Waals surface area contributed by atoms with Crippen molar-refractivity contribution in [1.29, 1.82) is 0 Å². The maximum Gasteiger partial charge on any atom is 0.122 e. The average Bonchev–Trinajstić information content (AvgIpc) is 2.36. The fraction of sp³-hybridized carbons (Fsp3) is 0.571. The fourth-order valence-corrected chi connectivity index (χ4v) is 1.91. The topological polar surface area (TPSA) is 55.7 Å². The molecule has 0 saturated carbocycles. The molecule has 0 heterocycles. The van der Waals surface area contributed by atoms with Crippen LogP contribution in [0.3, 0.4) is 0 Å². The first-order valence-electron chi connectivity index (χ1n) is 6.41. The lowest BCUT2D eigenvalue weighted by molar-refractivity contribution is 0.270. The summed E-state index contributed by atoms with van der Waals surface area (Å²) in [6, 6.07) is 5.80. The third-order valence-corrected chi connectivity index (χ3v) is 3.32. The summed E-state index contributed by atoms with van der Waals surface area (Å²) in [5, 5.41) is 22.5. The summed E-state index contributed by atoms with van der Waals surface area (Å²) < 4.78 is 0. The Hall–Kier alpha value is -1.26. The van der Waals surface area contributed by atoms with Crippen LogP contribution >= 0.6 is 0 Å². The van der Waals surface area contributed by atoms with E-state index in [0.717, 1.165) is 17.8 Å². The molecule has 0 aliphatic carbocycles. The van der Waals surface area contributed by atoms with Crippen LogP contribution in [-0.2, 0) is 0 Å². The third kappa shape index (κ3) is 3.37. The molecule has 1 aromatic carbocycles. The molecule has 1 rings (SSSR count). The normalized spacial score (nSPS) is 14.3. The second-order valence-electron chi connectivity index (χ2n) is 4.66. The van der Waals surface area contributed by atoms with Crippen LogP contribution in [0.5, 0.6) is 5.75 Å². The molecule has 0 aromatic heterocycles. The molecule has 102 valence electrons. The molecule has 2 unspecified atom stereocenters. The summed E-state index contributed by atoms with van der Waals surface area (Å²) in [7, 11) is 1.91. The maximum atomic E-state index is 10.1. The number of rotatable bonds is 6. The maximum absolute atomic E-state index is 10.1. The van der Waals surface area contributed by atoms with Gasteiger partial charge in [0.05, 0.1) is 6.61 Å². The van der Waals surface area contributed by atoms with Crippen LogP contribution in [0.4, 0.5) is 5.69 Å². The van der Waals surface area contributed by atoms with Crippen molar-refractivity contribution < 1.29 is 10.2 Å². The summed E-state index contributed by atoms with van der Waals surface area (Å²) in [5.74, 6) is 0.290. The second-order valence-corrected chi connectivity index (χ2v) is 4.66. The van der Waals surface area contributed by atoms with Gasteiger partial charge in [-0.25, -0.2) is 0 Å². The molecule has 18 heavy (non-hydrogen) atoms. The zero-order valence-corrected chi connectivity index (χ0v) is 11.6. The van der Waals surface area contributed by atoms with Gasteiger partial charge in [0, 0.05) is 36.4 Å². The molecule has 0 aliphatic rings. The first kappa shape index (κ1) is 14.8. The van der Waals surface area contributed by atoms with Gasteiger partial charge in [0.2, 0.25) is 0 Å². The lowest BCUT2D eigenvalue weighted by Crippen LogP contribution is -2.31. The number of benzene rings is 1. The van der Waals surface area contributed by atoms with Crippen LogP contribution in [0, 0.1) is 0 Å². The molecule has 1 aromatic rings. The lowest BCUT2D eigenvalue weighted by Gasteiger charge is -2.26. The van der Waals surface area contributed by atoms with E-state index in [1.54, 1.807) is 6.07 Å². The van der Waals surface area contributed by atoms with Crippen molar-refractivity contribution in [3.05, 3.63) is 23.8 Å². The Morgan fingerprint density at radius 1 is 1.33 bits per heavy atom. The van der Waals surface area contributed by atoms with Crippen LogP contribution in [0.15, 0.2) is 18.2 Å². The molecule has 4 nitrogen and oxygen atoms in total. The van der Waals surface area contributed by atoms with Gasteiger partial charge in [-0.2, -0.15) is 0 Å². The highest BCUT2D eigenvalue weighted by atomic mass is 16.3. The van der Waals surface area contributed by atoms with Gasteiger partial charge in [0.25, 0.3) is 0 Å². The van der Waals surface area contributed by atoms with Gasteiger partial charge in [-0.3, -0.25) is 0 Å². The zero-order valence-electron chi connectivity index (χ0n) is 11.6. The van der Waals surface area contributed by atoms with Crippen molar-refractivity contribution in [2.45, 2.75) is 32.9 Å². The number of aliphatic hydroxyl groups excluding tert-OH is 1. The Bertz CT molecular complexity index is 382. The van der Waals surface area contributed by atoms with Gasteiger partial charge >= 0.3 is 0 Å². The number of phenols is 1. The SMILES string of the molecule is CCNC(C)c1ccc(N(C)C(C)CO)cc1O. The monoisotopic (exact) mass is 252 g/mol. The number of phenolic OH excluding ortho intramolecular Hbond substituents is 1. The Balaban J connectivity index is 2.91. The van der Waals surface area contributed by atoms with E-state index >= 15 is 0 Å². The van der Waals surface area contributed by atoms with Crippen LogP contribution < -0.4 is 10.2 Å². The molecule has 0 amide bonds. The summed E-state index contributed by atoms with van der Waals surface area (Å²) in [5.41, 5.74) is 1.80. The van der Waals surface area contributed by atoms with E-state index in [-0.39, 0.29) is 24.4 Å². The zero-order chi connectivity index (χ0) is 13.7. The molecule has 0 aliphatic heterocycles. The molecule has 4 heteroatoms. The quantitative estimate of drug-likeness (QED) is 0.723. The van der Waals surface area contributed by atoms with Crippen LogP contribution in [0.2, 0.25) is 0 Å². The molecule has 0 saturated heterocycles. The van der Waals surface area contributed by atoms with Crippen molar-refractivity contribution in [1.82, 2.24) is 5.32 Å². The van der Waals surface area contributed by atoms with Crippen LogP contribution in [-0.4, -0.2) is 36.5 Å². The molecule has 2 atom stereocenters. The number of anilines is 1. The number of aromatic hydroxyl groups is 1. The van der Waals surface area contributed by atoms with Gasteiger partial charge in [-0.05, 0) is 26.5 Å². The van der Waals surface area contributed by atoms with E-state index in [4.69, 9.17) is 5.11 Å². The average molecular weight is 252 g/mol. The minimum atomic E-state index is 0.0291. The van der Waals surface area contributed by atoms with Crippen molar-refractivity contribution in [2.24, 2.45) is 0 Å². The van der Waals surface area contributed by atoms with E-state index in [1.807, 2.05) is 44.9 Å². The van der Waals surface area contributed by atoms with E-state index < -0.39 is 0 Å². The molecule has 0 fully saturated rings. The Morgan fingerprint density at radius 3 is 2.50 bits per heavy atom. The van der Waals surface area contributed by atoms with E-state index in [0.29, 0.717) is 0 Å². The molecule has 3 N–H and O–H groups in total. The minimum Gasteiger partial charge on any atom is -0.508 e. The fourth-order valence-electron chi connectivity index (χ4n) is 1.91. The highest BCUT2D eigenvalue weighted by Gasteiger charge is 2.13. The van der Waals surface area contributed by atoms with Crippen molar-refractivity contribution in [2.75, 3.05) is 25.1 Å². The van der Waals surface area contributed by atoms with Gasteiger partial charge in [0.15, 0.2) is 0 Å². The smallest absolute Gasteiger partial charge is 0.122 e. The minimum absolute atomic E-state index is 0.0291. The summed E-state index contributed by atoms with van der Waals surface area (Å²) in [6.07, 6.45) is 0. The highest BCUT2D eigenvalue weighted by molar-refractivity contribution is 5.54. The number of nitrogens with one attached hydrogen (secondary N) is 1.